The standard InChI is InChI=1S/C22H24F3N3O3S/c23-22(24,25)18-9-8-12(10-27-18)26-11-16-13-6-3-7-17(13)32-20(16)28-19(29)14-4-1-2-5-15(14)21(30)31/h8-10,14-15,26H,1-7,11H2,(H,28,29)(H,30,31). The summed E-state index contributed by atoms with van der Waals surface area (Å²) in [5, 5.41) is 16.3. The topological polar surface area (TPSA) is 91.3 Å². The summed E-state index contributed by atoms with van der Waals surface area (Å²) >= 11 is 1.51. The smallest absolute Gasteiger partial charge is 0.433 e. The summed E-state index contributed by atoms with van der Waals surface area (Å²) < 4.78 is 38.2. The van der Waals surface area contributed by atoms with E-state index in [1.54, 1.807) is 0 Å². The molecule has 32 heavy (non-hydrogen) atoms. The number of hydrogen-bond acceptors (Lipinski definition) is 5. The minimum Gasteiger partial charge on any atom is -0.481 e. The number of fused-ring (bicyclic) bond motifs is 1. The van der Waals surface area contributed by atoms with Crippen LogP contribution in [0.1, 0.15) is 53.8 Å². The molecule has 3 N–H and O–H groups in total. The number of carbonyl (C=O) groups excluding carboxylic acids is 1. The second-order valence-corrected chi connectivity index (χ2v) is 9.38. The third-order valence-corrected chi connectivity index (χ3v) is 7.46. The number of alkyl halides is 3. The number of aromatic nitrogens is 1. The molecule has 10 heteroatoms. The highest BCUT2D eigenvalue weighted by molar-refractivity contribution is 7.16. The maximum Gasteiger partial charge on any atom is 0.433 e. The molecule has 2 aromatic heterocycles. The number of carboxylic acid groups (broad SMARTS) is 1. The number of aryl methyl sites for hydroxylation is 1. The van der Waals surface area contributed by atoms with Crippen molar-refractivity contribution in [3.63, 3.8) is 0 Å². The summed E-state index contributed by atoms with van der Waals surface area (Å²) in [4.78, 5) is 29.2. The lowest BCUT2D eigenvalue weighted by Gasteiger charge is -2.27. The molecule has 1 amide bonds. The lowest BCUT2D eigenvalue weighted by molar-refractivity contribution is -0.147. The lowest BCUT2D eigenvalue weighted by atomic mass is 9.79. The van der Waals surface area contributed by atoms with Crippen LogP contribution in [0.4, 0.5) is 23.9 Å². The summed E-state index contributed by atoms with van der Waals surface area (Å²) in [5.74, 6) is -2.43. The third-order valence-electron chi connectivity index (χ3n) is 6.21. The molecule has 2 aliphatic rings. The van der Waals surface area contributed by atoms with Crippen LogP contribution >= 0.6 is 11.3 Å². The minimum absolute atomic E-state index is 0.269. The van der Waals surface area contributed by atoms with E-state index in [2.05, 4.69) is 15.6 Å². The summed E-state index contributed by atoms with van der Waals surface area (Å²) in [7, 11) is 0. The Labute approximate surface area is 187 Å². The van der Waals surface area contributed by atoms with Crippen molar-refractivity contribution in [3.8, 4) is 0 Å². The maximum atomic E-state index is 13.0. The monoisotopic (exact) mass is 467 g/mol. The Morgan fingerprint density at radius 1 is 1.12 bits per heavy atom. The molecule has 2 atom stereocenters. The van der Waals surface area contributed by atoms with E-state index in [1.807, 2.05) is 0 Å². The number of halogens is 3. The van der Waals surface area contributed by atoms with Crippen LogP contribution in [-0.4, -0.2) is 22.0 Å². The zero-order valence-corrected chi connectivity index (χ0v) is 18.1. The Kier molecular flexibility index (Phi) is 6.41. The predicted molar refractivity (Wildman–Crippen MR) is 115 cm³/mol. The highest BCUT2D eigenvalue weighted by atomic mass is 32.1. The molecule has 172 valence electrons. The first-order chi connectivity index (χ1) is 15.2. The summed E-state index contributed by atoms with van der Waals surface area (Å²) in [6.07, 6.45) is 2.18. The molecule has 4 rings (SSSR count). The zero-order valence-electron chi connectivity index (χ0n) is 17.3. The molecule has 0 aliphatic heterocycles. The van der Waals surface area contributed by atoms with Crippen molar-refractivity contribution in [1.29, 1.82) is 0 Å². The van der Waals surface area contributed by atoms with Crippen molar-refractivity contribution in [2.75, 3.05) is 10.6 Å². The molecule has 0 aromatic carbocycles. The number of aliphatic carboxylic acids is 1. The van der Waals surface area contributed by atoms with E-state index in [0.717, 1.165) is 55.5 Å². The van der Waals surface area contributed by atoms with E-state index in [9.17, 15) is 27.9 Å². The zero-order chi connectivity index (χ0) is 22.9. The van der Waals surface area contributed by atoms with Gasteiger partial charge in [0, 0.05) is 17.0 Å². The Morgan fingerprint density at radius 3 is 2.53 bits per heavy atom. The second kappa shape index (κ2) is 9.09. The Hall–Kier alpha value is -2.62. The SMILES string of the molecule is O=C(O)C1CCCCC1C(=O)Nc1sc2c(c1CNc1ccc(C(F)(F)F)nc1)CCC2. The number of pyridine rings is 1. The number of hydrogen-bond donors (Lipinski definition) is 3. The van der Waals surface area contributed by atoms with Gasteiger partial charge in [-0.05, 0) is 49.8 Å². The first kappa shape index (κ1) is 22.6. The average Bonchev–Trinajstić information content (AvgIpc) is 3.33. The molecule has 1 fully saturated rings. The number of nitrogens with zero attached hydrogens (tertiary/aromatic N) is 1. The molecule has 1 saturated carbocycles. The van der Waals surface area contributed by atoms with Gasteiger partial charge < -0.3 is 15.7 Å². The molecule has 2 unspecified atom stereocenters. The van der Waals surface area contributed by atoms with Crippen molar-refractivity contribution in [1.82, 2.24) is 4.98 Å². The molecule has 0 saturated heterocycles. The lowest BCUT2D eigenvalue weighted by Crippen LogP contribution is -2.36. The molecule has 2 heterocycles. The average molecular weight is 468 g/mol. The Balaban J connectivity index is 1.50. The van der Waals surface area contributed by atoms with Crippen LogP contribution in [0, 0.1) is 11.8 Å². The summed E-state index contributed by atoms with van der Waals surface area (Å²) in [6, 6.07) is 2.26. The number of thiophene rings is 1. The van der Waals surface area contributed by atoms with Gasteiger partial charge in [-0.2, -0.15) is 13.2 Å². The van der Waals surface area contributed by atoms with Gasteiger partial charge in [0.25, 0.3) is 0 Å². The van der Waals surface area contributed by atoms with Gasteiger partial charge in [-0.1, -0.05) is 12.8 Å². The first-order valence-corrected chi connectivity index (χ1v) is 11.5. The molecule has 0 bridgehead atoms. The van der Waals surface area contributed by atoms with Crippen LogP contribution in [0.2, 0.25) is 0 Å². The number of nitrogens with one attached hydrogen (secondary N) is 2. The predicted octanol–water partition coefficient (Wildman–Crippen LogP) is 5.09. The van der Waals surface area contributed by atoms with Gasteiger partial charge >= 0.3 is 12.1 Å². The van der Waals surface area contributed by atoms with Crippen LogP contribution in [0.3, 0.4) is 0 Å². The second-order valence-electron chi connectivity index (χ2n) is 8.27. The molecular weight excluding hydrogens is 443 g/mol. The summed E-state index contributed by atoms with van der Waals surface area (Å²) in [5.41, 5.74) is 1.58. The van der Waals surface area contributed by atoms with E-state index in [0.29, 0.717) is 30.1 Å². The van der Waals surface area contributed by atoms with Crippen molar-refractivity contribution in [3.05, 3.63) is 40.0 Å². The van der Waals surface area contributed by atoms with Gasteiger partial charge in [0.2, 0.25) is 5.91 Å². The third kappa shape index (κ3) is 4.74. The van der Waals surface area contributed by atoms with Gasteiger partial charge in [-0.25, -0.2) is 4.98 Å². The fraction of sp³-hybridized carbons (Fsp3) is 0.500. The fourth-order valence-corrected chi connectivity index (χ4v) is 5.87. The van der Waals surface area contributed by atoms with Crippen LogP contribution < -0.4 is 10.6 Å². The number of anilines is 2. The molecular formula is C22H24F3N3O3S. The molecule has 0 radical (unpaired) electrons. The van der Waals surface area contributed by atoms with Gasteiger partial charge in [0.1, 0.15) is 10.7 Å². The van der Waals surface area contributed by atoms with Crippen LogP contribution in [0.25, 0.3) is 0 Å². The van der Waals surface area contributed by atoms with Crippen LogP contribution in [0.15, 0.2) is 18.3 Å². The quantitative estimate of drug-likeness (QED) is 0.550. The highest BCUT2D eigenvalue weighted by Crippen LogP contribution is 2.40. The minimum atomic E-state index is -4.49. The van der Waals surface area contributed by atoms with Crippen molar-refractivity contribution >= 4 is 33.9 Å². The van der Waals surface area contributed by atoms with Gasteiger partial charge in [0.05, 0.1) is 23.7 Å². The van der Waals surface area contributed by atoms with Crippen molar-refractivity contribution < 1.29 is 27.9 Å². The summed E-state index contributed by atoms with van der Waals surface area (Å²) in [6.45, 7) is 0.335. The number of carboxylic acids is 1. The first-order valence-electron chi connectivity index (χ1n) is 10.7. The molecule has 2 aliphatic carbocycles. The van der Waals surface area contributed by atoms with E-state index >= 15 is 0 Å². The fourth-order valence-electron chi connectivity index (χ4n) is 4.56. The van der Waals surface area contributed by atoms with Crippen LogP contribution in [-0.2, 0) is 35.2 Å². The van der Waals surface area contributed by atoms with E-state index in [-0.39, 0.29) is 5.91 Å². The highest BCUT2D eigenvalue weighted by Gasteiger charge is 2.36. The Bertz CT molecular complexity index is 1000. The van der Waals surface area contributed by atoms with Gasteiger partial charge in [-0.15, -0.1) is 11.3 Å². The van der Waals surface area contributed by atoms with Gasteiger partial charge in [-0.3, -0.25) is 9.59 Å². The molecule has 6 nitrogen and oxygen atoms in total. The number of carbonyl (C=O) groups is 2. The molecule has 2 aromatic rings. The van der Waals surface area contributed by atoms with Crippen molar-refractivity contribution in [2.45, 2.75) is 57.7 Å². The Morgan fingerprint density at radius 2 is 1.88 bits per heavy atom. The maximum absolute atomic E-state index is 13.0. The van der Waals surface area contributed by atoms with Crippen molar-refractivity contribution in [2.24, 2.45) is 11.8 Å². The van der Waals surface area contributed by atoms with Crippen LogP contribution in [0.5, 0.6) is 0 Å². The largest absolute Gasteiger partial charge is 0.481 e. The van der Waals surface area contributed by atoms with E-state index in [1.165, 1.54) is 22.3 Å². The molecule has 0 spiro atoms. The number of rotatable bonds is 6. The van der Waals surface area contributed by atoms with Gasteiger partial charge in [0.15, 0.2) is 0 Å². The van der Waals surface area contributed by atoms with E-state index < -0.39 is 29.7 Å². The number of amides is 1. The normalized spacial score (nSPS) is 20.6. The van der Waals surface area contributed by atoms with E-state index in [4.69, 9.17) is 0 Å².